The molecule has 96 valence electrons. The molecule has 0 aliphatic carbocycles. The van der Waals surface area contributed by atoms with E-state index in [0.29, 0.717) is 0 Å². The van der Waals surface area contributed by atoms with Crippen LogP contribution in [-0.4, -0.2) is 34.3 Å². The highest BCUT2D eigenvalue weighted by Gasteiger charge is 2.20. The van der Waals surface area contributed by atoms with Crippen LogP contribution in [0.25, 0.3) is 0 Å². The van der Waals surface area contributed by atoms with Gasteiger partial charge >= 0.3 is 0 Å². The van der Waals surface area contributed by atoms with E-state index in [0.717, 1.165) is 42.3 Å². The highest BCUT2D eigenvalue weighted by molar-refractivity contribution is 9.10. The maximum atomic E-state index is 5.71. The van der Waals surface area contributed by atoms with E-state index < -0.39 is 0 Å². The molecule has 1 saturated heterocycles. The van der Waals surface area contributed by atoms with E-state index in [4.69, 9.17) is 5.73 Å². The number of piperidine rings is 1. The van der Waals surface area contributed by atoms with Gasteiger partial charge in [-0.25, -0.2) is 0 Å². The van der Waals surface area contributed by atoms with Crippen molar-refractivity contribution in [3.63, 3.8) is 0 Å². The minimum Gasteiger partial charge on any atom is -0.330 e. The number of hydrogen-bond donors (Lipinski definition) is 1. The van der Waals surface area contributed by atoms with E-state index in [1.54, 1.807) is 0 Å². The zero-order valence-electron chi connectivity index (χ0n) is 10.6. The molecule has 4 nitrogen and oxygen atoms in total. The molecule has 17 heavy (non-hydrogen) atoms. The zero-order chi connectivity index (χ0) is 12.4. The summed E-state index contributed by atoms with van der Waals surface area (Å²) < 4.78 is 3.13. The number of likely N-dealkylation sites (tertiary alicyclic amines) is 1. The third kappa shape index (κ3) is 2.89. The van der Waals surface area contributed by atoms with Crippen LogP contribution in [0.5, 0.6) is 0 Å². The normalized spacial score (nSPS) is 18.8. The van der Waals surface area contributed by atoms with Crippen LogP contribution in [0, 0.1) is 12.8 Å². The Balaban J connectivity index is 1.98. The molecular formula is C12H21BrN4. The average molecular weight is 301 g/mol. The first kappa shape index (κ1) is 13.1. The Morgan fingerprint density at radius 3 is 2.53 bits per heavy atom. The van der Waals surface area contributed by atoms with Gasteiger partial charge in [0.2, 0.25) is 0 Å². The van der Waals surface area contributed by atoms with Crippen molar-refractivity contribution in [3.05, 3.63) is 15.9 Å². The van der Waals surface area contributed by atoms with Crippen LogP contribution in [-0.2, 0) is 13.6 Å². The molecule has 0 aromatic carbocycles. The summed E-state index contributed by atoms with van der Waals surface area (Å²) in [5.41, 5.74) is 8.05. The molecule has 0 radical (unpaired) electrons. The van der Waals surface area contributed by atoms with Gasteiger partial charge in [0.25, 0.3) is 0 Å². The molecule has 2 rings (SSSR count). The third-order valence-electron chi connectivity index (χ3n) is 3.68. The van der Waals surface area contributed by atoms with Gasteiger partial charge in [-0.2, -0.15) is 5.10 Å². The first-order valence-electron chi connectivity index (χ1n) is 6.22. The molecule has 0 bridgehead atoms. The standard InChI is InChI=1S/C12H21BrN4/c1-9-12(13)11(16(2)15-9)8-17-5-3-10(7-14)4-6-17/h10H,3-8,14H2,1-2H3. The van der Waals surface area contributed by atoms with Gasteiger partial charge < -0.3 is 5.73 Å². The molecule has 0 atom stereocenters. The van der Waals surface area contributed by atoms with E-state index in [1.807, 2.05) is 18.7 Å². The Morgan fingerprint density at radius 2 is 2.06 bits per heavy atom. The Morgan fingerprint density at radius 1 is 1.41 bits per heavy atom. The van der Waals surface area contributed by atoms with Gasteiger partial charge in [-0.15, -0.1) is 0 Å². The highest BCUT2D eigenvalue weighted by atomic mass is 79.9. The summed E-state index contributed by atoms with van der Waals surface area (Å²) in [7, 11) is 2.01. The topological polar surface area (TPSA) is 47.1 Å². The summed E-state index contributed by atoms with van der Waals surface area (Å²) in [5.74, 6) is 0.725. The number of aryl methyl sites for hydroxylation is 2. The van der Waals surface area contributed by atoms with Crippen molar-refractivity contribution in [2.24, 2.45) is 18.7 Å². The molecule has 0 amide bonds. The Kier molecular flexibility index (Phi) is 4.22. The third-order valence-corrected chi connectivity index (χ3v) is 4.71. The van der Waals surface area contributed by atoms with Gasteiger partial charge in [0.15, 0.2) is 0 Å². The number of nitrogens with two attached hydrogens (primary N) is 1. The summed E-state index contributed by atoms with van der Waals surface area (Å²) in [6, 6.07) is 0. The van der Waals surface area contributed by atoms with Gasteiger partial charge in [0, 0.05) is 13.6 Å². The predicted octanol–water partition coefficient (Wildman–Crippen LogP) is 1.66. The van der Waals surface area contributed by atoms with Crippen LogP contribution in [0.4, 0.5) is 0 Å². The fourth-order valence-corrected chi connectivity index (χ4v) is 2.91. The van der Waals surface area contributed by atoms with E-state index in [2.05, 4.69) is 25.9 Å². The van der Waals surface area contributed by atoms with E-state index in [-0.39, 0.29) is 0 Å². The molecule has 0 unspecified atom stereocenters. The van der Waals surface area contributed by atoms with Gasteiger partial charge in [-0.05, 0) is 61.2 Å². The lowest BCUT2D eigenvalue weighted by atomic mass is 9.97. The van der Waals surface area contributed by atoms with Crippen LogP contribution in [0.1, 0.15) is 24.2 Å². The fraction of sp³-hybridized carbons (Fsp3) is 0.750. The largest absolute Gasteiger partial charge is 0.330 e. The number of aromatic nitrogens is 2. The van der Waals surface area contributed by atoms with Crippen molar-refractivity contribution >= 4 is 15.9 Å². The minimum absolute atomic E-state index is 0.725. The predicted molar refractivity (Wildman–Crippen MR) is 72.7 cm³/mol. The molecule has 1 aromatic heterocycles. The molecule has 0 saturated carbocycles. The van der Waals surface area contributed by atoms with Gasteiger partial charge in [-0.3, -0.25) is 9.58 Å². The first-order chi connectivity index (χ1) is 8.11. The molecular weight excluding hydrogens is 280 g/mol. The first-order valence-corrected chi connectivity index (χ1v) is 7.01. The Labute approximate surface area is 111 Å². The van der Waals surface area contributed by atoms with Crippen molar-refractivity contribution in [1.29, 1.82) is 0 Å². The second-order valence-electron chi connectivity index (χ2n) is 4.92. The summed E-state index contributed by atoms with van der Waals surface area (Å²) in [4.78, 5) is 2.49. The number of halogens is 1. The number of nitrogens with zero attached hydrogens (tertiary/aromatic N) is 3. The van der Waals surface area contributed by atoms with Crippen LogP contribution >= 0.6 is 15.9 Å². The molecule has 2 N–H and O–H groups in total. The molecule has 2 heterocycles. The van der Waals surface area contributed by atoms with Gasteiger partial charge in [-0.1, -0.05) is 0 Å². The summed E-state index contributed by atoms with van der Waals surface area (Å²) in [6.07, 6.45) is 2.45. The summed E-state index contributed by atoms with van der Waals surface area (Å²) in [6.45, 7) is 6.16. The van der Waals surface area contributed by atoms with Gasteiger partial charge in [0.05, 0.1) is 15.9 Å². The van der Waals surface area contributed by atoms with Gasteiger partial charge in [0.1, 0.15) is 0 Å². The van der Waals surface area contributed by atoms with Crippen molar-refractivity contribution in [1.82, 2.24) is 14.7 Å². The second kappa shape index (κ2) is 5.50. The Bertz CT molecular complexity index is 380. The van der Waals surface area contributed by atoms with Crippen molar-refractivity contribution in [2.75, 3.05) is 19.6 Å². The quantitative estimate of drug-likeness (QED) is 0.923. The van der Waals surface area contributed by atoms with Crippen LogP contribution < -0.4 is 5.73 Å². The van der Waals surface area contributed by atoms with Crippen molar-refractivity contribution < 1.29 is 0 Å². The zero-order valence-corrected chi connectivity index (χ0v) is 12.2. The Hall–Kier alpha value is -0.390. The SMILES string of the molecule is Cc1nn(C)c(CN2CCC(CN)CC2)c1Br. The summed E-state index contributed by atoms with van der Waals surface area (Å²) in [5, 5.41) is 4.43. The van der Waals surface area contributed by atoms with Crippen LogP contribution in [0.2, 0.25) is 0 Å². The lowest BCUT2D eigenvalue weighted by molar-refractivity contribution is 0.176. The number of rotatable bonds is 3. The van der Waals surface area contributed by atoms with Crippen molar-refractivity contribution in [3.8, 4) is 0 Å². The maximum Gasteiger partial charge on any atom is 0.0739 e. The van der Waals surface area contributed by atoms with Crippen LogP contribution in [0.3, 0.4) is 0 Å². The lowest BCUT2D eigenvalue weighted by Crippen LogP contribution is -2.36. The van der Waals surface area contributed by atoms with Crippen molar-refractivity contribution in [2.45, 2.75) is 26.3 Å². The monoisotopic (exact) mass is 300 g/mol. The van der Waals surface area contributed by atoms with E-state index in [1.165, 1.54) is 18.5 Å². The molecule has 1 aromatic rings. The summed E-state index contributed by atoms with van der Waals surface area (Å²) >= 11 is 3.62. The smallest absolute Gasteiger partial charge is 0.0739 e. The highest BCUT2D eigenvalue weighted by Crippen LogP contribution is 2.24. The lowest BCUT2D eigenvalue weighted by Gasteiger charge is -2.31. The molecule has 1 aliphatic heterocycles. The van der Waals surface area contributed by atoms with Crippen LogP contribution in [0.15, 0.2) is 4.47 Å². The molecule has 1 aliphatic rings. The average Bonchev–Trinajstić information content (AvgIpc) is 2.57. The number of hydrogen-bond acceptors (Lipinski definition) is 3. The minimum atomic E-state index is 0.725. The maximum absolute atomic E-state index is 5.71. The molecule has 1 fully saturated rings. The van der Waals surface area contributed by atoms with E-state index in [9.17, 15) is 0 Å². The second-order valence-corrected chi connectivity index (χ2v) is 5.72. The fourth-order valence-electron chi connectivity index (χ4n) is 2.44. The van der Waals surface area contributed by atoms with E-state index >= 15 is 0 Å². The molecule has 0 spiro atoms. The molecule has 5 heteroatoms.